The average molecular weight is 392 g/mol. The van der Waals surface area contributed by atoms with Crippen molar-refractivity contribution in [1.29, 1.82) is 0 Å². The zero-order chi connectivity index (χ0) is 19.9. The fourth-order valence-electron chi connectivity index (χ4n) is 2.89. The van der Waals surface area contributed by atoms with Crippen molar-refractivity contribution in [3.63, 3.8) is 0 Å². The molecule has 0 fully saturated rings. The molecule has 9 nitrogen and oxygen atoms in total. The number of halogens is 3. The Balaban J connectivity index is 1.54. The second-order valence-corrected chi connectivity index (χ2v) is 6.23. The maximum atomic E-state index is 12.7. The van der Waals surface area contributed by atoms with Crippen LogP contribution in [0.1, 0.15) is 34.3 Å². The second kappa shape index (κ2) is 6.62. The molecule has 1 aliphatic rings. The molecule has 1 aliphatic heterocycles. The molecular weight excluding hydrogens is 377 g/mol. The number of H-pyrrole nitrogens is 1. The zero-order valence-electron chi connectivity index (χ0n) is 14.6. The Bertz CT molecular complexity index is 1040. The summed E-state index contributed by atoms with van der Waals surface area (Å²) in [5.74, 6) is -2.22. The van der Waals surface area contributed by atoms with E-state index in [0.29, 0.717) is 5.69 Å². The van der Waals surface area contributed by atoms with Crippen molar-refractivity contribution in [1.82, 2.24) is 29.9 Å². The Morgan fingerprint density at radius 2 is 2.11 bits per heavy atom. The molecule has 0 saturated heterocycles. The van der Waals surface area contributed by atoms with E-state index in [1.54, 1.807) is 11.2 Å². The highest BCUT2D eigenvalue weighted by Crippen LogP contribution is 2.27. The van der Waals surface area contributed by atoms with E-state index in [-0.39, 0.29) is 17.6 Å². The molecule has 0 spiro atoms. The van der Waals surface area contributed by atoms with Crippen molar-refractivity contribution in [3.8, 4) is 5.95 Å². The third-order valence-corrected chi connectivity index (χ3v) is 4.21. The molecule has 0 aliphatic carbocycles. The summed E-state index contributed by atoms with van der Waals surface area (Å²) in [7, 11) is 0. The highest BCUT2D eigenvalue weighted by Gasteiger charge is 2.35. The van der Waals surface area contributed by atoms with Gasteiger partial charge in [-0.2, -0.15) is 22.8 Å². The van der Waals surface area contributed by atoms with E-state index in [1.807, 2.05) is 12.1 Å². The summed E-state index contributed by atoms with van der Waals surface area (Å²) in [4.78, 5) is 19.8. The minimum atomic E-state index is -4.67. The van der Waals surface area contributed by atoms with Gasteiger partial charge in [0.1, 0.15) is 5.82 Å². The molecule has 0 bridgehead atoms. The molecule has 0 radical (unpaired) electrons. The first-order valence-electron chi connectivity index (χ1n) is 8.43. The lowest BCUT2D eigenvalue weighted by Gasteiger charge is -2.18. The number of hydrogen-bond donors (Lipinski definition) is 3. The molecule has 0 saturated carbocycles. The first kappa shape index (κ1) is 17.9. The lowest BCUT2D eigenvalue weighted by Crippen LogP contribution is -2.16. The van der Waals surface area contributed by atoms with E-state index in [4.69, 9.17) is 0 Å². The molecule has 28 heavy (non-hydrogen) atoms. The van der Waals surface area contributed by atoms with Crippen molar-refractivity contribution in [2.45, 2.75) is 25.9 Å². The van der Waals surface area contributed by atoms with Crippen LogP contribution in [0.4, 0.5) is 24.5 Å². The number of alkyl halides is 3. The van der Waals surface area contributed by atoms with E-state index in [2.05, 4.69) is 30.8 Å². The molecule has 1 aromatic carbocycles. The summed E-state index contributed by atoms with van der Waals surface area (Å²) >= 11 is 0. The van der Waals surface area contributed by atoms with Crippen LogP contribution >= 0.6 is 0 Å². The molecule has 3 N–H and O–H groups in total. The van der Waals surface area contributed by atoms with Gasteiger partial charge >= 0.3 is 6.18 Å². The van der Waals surface area contributed by atoms with Gasteiger partial charge in [0.25, 0.3) is 11.9 Å². The van der Waals surface area contributed by atoms with Gasteiger partial charge < -0.3 is 10.6 Å². The summed E-state index contributed by atoms with van der Waals surface area (Å²) < 4.78 is 39.0. The van der Waals surface area contributed by atoms with Crippen LogP contribution in [0.25, 0.3) is 5.95 Å². The molecule has 146 valence electrons. The first-order chi connectivity index (χ1) is 13.3. The van der Waals surface area contributed by atoms with Crippen LogP contribution in [0.15, 0.2) is 18.2 Å². The summed E-state index contributed by atoms with van der Waals surface area (Å²) in [6, 6.07) is 5.51. The SMILES string of the molecule is Cc1nc(C(=O)Nc2ccc3c(c2)CCCN3)nn1-c1n[nH]c(C(F)(F)F)n1. The van der Waals surface area contributed by atoms with Crippen molar-refractivity contribution >= 4 is 17.3 Å². The van der Waals surface area contributed by atoms with Crippen LogP contribution in [0.5, 0.6) is 0 Å². The van der Waals surface area contributed by atoms with E-state index >= 15 is 0 Å². The summed E-state index contributed by atoms with van der Waals surface area (Å²) in [5, 5.41) is 15.2. The summed E-state index contributed by atoms with van der Waals surface area (Å²) in [6.45, 7) is 2.40. The Morgan fingerprint density at radius 3 is 2.86 bits per heavy atom. The third kappa shape index (κ3) is 3.40. The Morgan fingerprint density at radius 1 is 1.29 bits per heavy atom. The fourth-order valence-corrected chi connectivity index (χ4v) is 2.89. The van der Waals surface area contributed by atoms with Crippen molar-refractivity contribution < 1.29 is 18.0 Å². The van der Waals surface area contributed by atoms with E-state index in [9.17, 15) is 18.0 Å². The molecule has 2 aromatic heterocycles. The van der Waals surface area contributed by atoms with Crippen molar-refractivity contribution in [2.24, 2.45) is 0 Å². The maximum absolute atomic E-state index is 12.7. The van der Waals surface area contributed by atoms with Gasteiger partial charge in [0.2, 0.25) is 11.6 Å². The Kier molecular flexibility index (Phi) is 4.24. The average Bonchev–Trinajstić information content (AvgIpc) is 3.28. The highest BCUT2D eigenvalue weighted by molar-refractivity contribution is 6.01. The van der Waals surface area contributed by atoms with Gasteiger partial charge in [-0.3, -0.25) is 9.89 Å². The molecular formula is C16H15F3N8O. The number of rotatable bonds is 3. The predicted octanol–water partition coefficient (Wildman–Crippen LogP) is 2.32. The molecule has 3 aromatic rings. The van der Waals surface area contributed by atoms with E-state index in [0.717, 1.165) is 35.3 Å². The molecule has 12 heteroatoms. The number of aryl methyl sites for hydroxylation is 2. The summed E-state index contributed by atoms with van der Waals surface area (Å²) in [6.07, 6.45) is -2.75. The normalized spacial score (nSPS) is 13.7. The second-order valence-electron chi connectivity index (χ2n) is 6.23. The number of carbonyl (C=O) groups excluding carboxylic acids is 1. The third-order valence-electron chi connectivity index (χ3n) is 4.21. The number of amides is 1. The van der Waals surface area contributed by atoms with Crippen LogP contribution in [0.3, 0.4) is 0 Å². The first-order valence-corrected chi connectivity index (χ1v) is 8.43. The van der Waals surface area contributed by atoms with Gasteiger partial charge in [0.05, 0.1) is 0 Å². The maximum Gasteiger partial charge on any atom is 0.451 e. The topological polar surface area (TPSA) is 113 Å². The van der Waals surface area contributed by atoms with Gasteiger partial charge in [-0.15, -0.1) is 10.2 Å². The van der Waals surface area contributed by atoms with Crippen LogP contribution in [0.2, 0.25) is 0 Å². The lowest BCUT2D eigenvalue weighted by atomic mass is 10.0. The number of hydrogen-bond acceptors (Lipinski definition) is 6. The molecule has 3 heterocycles. The van der Waals surface area contributed by atoms with Crippen molar-refractivity contribution in [2.75, 3.05) is 17.2 Å². The number of anilines is 2. The predicted molar refractivity (Wildman–Crippen MR) is 92.2 cm³/mol. The smallest absolute Gasteiger partial charge is 0.385 e. The standard InChI is InChI=1S/C16H15F3N8O/c1-8-21-12(26-27(8)15-23-14(24-25-15)16(17,18)19)13(28)22-10-4-5-11-9(7-10)3-2-6-20-11/h4-5,7,20H,2-3,6H2,1H3,(H,22,28)(H,23,24,25). The molecule has 4 rings (SSSR count). The fraction of sp³-hybridized carbons (Fsp3) is 0.312. The monoisotopic (exact) mass is 392 g/mol. The summed E-state index contributed by atoms with van der Waals surface area (Å²) in [5.41, 5.74) is 2.71. The van der Waals surface area contributed by atoms with Crippen LogP contribution in [-0.4, -0.2) is 42.4 Å². The van der Waals surface area contributed by atoms with Crippen LogP contribution in [-0.2, 0) is 12.6 Å². The lowest BCUT2D eigenvalue weighted by molar-refractivity contribution is -0.144. The largest absolute Gasteiger partial charge is 0.451 e. The van der Waals surface area contributed by atoms with Gasteiger partial charge in [0, 0.05) is 17.9 Å². The molecule has 0 unspecified atom stereocenters. The number of nitrogens with zero attached hydrogens (tertiary/aromatic N) is 5. The van der Waals surface area contributed by atoms with Crippen LogP contribution < -0.4 is 10.6 Å². The minimum absolute atomic E-state index is 0.174. The number of aromatic amines is 1. The number of nitrogens with one attached hydrogen (secondary N) is 3. The number of benzene rings is 1. The van der Waals surface area contributed by atoms with E-state index in [1.165, 1.54) is 6.92 Å². The number of fused-ring (bicyclic) bond motifs is 1. The molecule has 0 atom stereocenters. The van der Waals surface area contributed by atoms with Crippen molar-refractivity contribution in [3.05, 3.63) is 41.2 Å². The Hall–Kier alpha value is -3.44. The Labute approximate surface area is 156 Å². The zero-order valence-corrected chi connectivity index (χ0v) is 14.6. The van der Waals surface area contributed by atoms with Crippen LogP contribution in [0, 0.1) is 6.92 Å². The van der Waals surface area contributed by atoms with E-state index < -0.39 is 17.9 Å². The van der Waals surface area contributed by atoms with Gasteiger partial charge in [0.15, 0.2) is 0 Å². The van der Waals surface area contributed by atoms with Gasteiger partial charge in [-0.25, -0.2) is 4.98 Å². The molecule has 1 amide bonds. The highest BCUT2D eigenvalue weighted by atomic mass is 19.4. The number of carbonyl (C=O) groups is 1. The minimum Gasteiger partial charge on any atom is -0.385 e. The number of aromatic nitrogens is 6. The van der Waals surface area contributed by atoms with Gasteiger partial charge in [-0.05, 0) is 43.5 Å². The van der Waals surface area contributed by atoms with Gasteiger partial charge in [-0.1, -0.05) is 0 Å². The quantitative estimate of drug-likeness (QED) is 0.631.